The molecule has 0 atom stereocenters. The zero-order valence-corrected chi connectivity index (χ0v) is 15.3. The maximum atomic E-state index is 12.3. The summed E-state index contributed by atoms with van der Waals surface area (Å²) in [6.07, 6.45) is 0. The molecule has 1 saturated heterocycles. The number of nitrogens with zero attached hydrogens (tertiary/aromatic N) is 3. The molecule has 0 unspecified atom stereocenters. The molecule has 1 aromatic heterocycles. The normalized spacial score (nSPS) is 14.0. The number of benzene rings is 1. The molecule has 0 saturated carbocycles. The maximum Gasteiger partial charge on any atom is 0.359 e. The predicted molar refractivity (Wildman–Crippen MR) is 97.7 cm³/mol. The largest absolute Gasteiger partial charge is 0.451 e. The van der Waals surface area contributed by atoms with E-state index in [-0.39, 0.29) is 18.1 Å². The summed E-state index contributed by atoms with van der Waals surface area (Å²) in [6, 6.07) is 6.46. The Kier molecular flexibility index (Phi) is 5.99. The number of hydrogen-bond donors (Lipinski definition) is 1. The molecule has 10 heteroatoms. The molecule has 1 aromatic carbocycles. The summed E-state index contributed by atoms with van der Waals surface area (Å²) >= 11 is 0. The zero-order valence-electron chi connectivity index (χ0n) is 15.3. The number of rotatable bonds is 5. The lowest BCUT2D eigenvalue weighted by Gasteiger charge is -2.28. The van der Waals surface area contributed by atoms with Gasteiger partial charge in [0, 0.05) is 25.5 Å². The van der Waals surface area contributed by atoms with Gasteiger partial charge in [0.15, 0.2) is 12.3 Å². The van der Waals surface area contributed by atoms with E-state index in [9.17, 15) is 19.2 Å². The molecule has 0 radical (unpaired) electrons. The van der Waals surface area contributed by atoms with Crippen LogP contribution in [0.3, 0.4) is 0 Å². The van der Waals surface area contributed by atoms with E-state index in [1.165, 1.54) is 11.9 Å². The van der Waals surface area contributed by atoms with Crippen LogP contribution in [0.15, 0.2) is 29.1 Å². The van der Waals surface area contributed by atoms with Gasteiger partial charge in [0.2, 0.25) is 5.91 Å². The lowest BCUT2D eigenvalue weighted by molar-refractivity contribution is -0.143. The van der Waals surface area contributed by atoms with E-state index in [1.807, 2.05) is 0 Å². The first-order chi connectivity index (χ1) is 13.5. The van der Waals surface area contributed by atoms with Gasteiger partial charge in [-0.3, -0.25) is 14.4 Å². The van der Waals surface area contributed by atoms with Crippen molar-refractivity contribution in [1.82, 2.24) is 20.0 Å². The number of hydrogen-bond acceptors (Lipinski definition) is 7. The molecule has 0 spiro atoms. The Morgan fingerprint density at radius 3 is 2.61 bits per heavy atom. The number of H-pyrrole nitrogens is 1. The number of likely N-dealkylation sites (N-methyl/N-ethyl adjacent to an activating group) is 1. The van der Waals surface area contributed by atoms with Crippen molar-refractivity contribution in [2.24, 2.45) is 0 Å². The quantitative estimate of drug-likeness (QED) is 0.679. The van der Waals surface area contributed by atoms with Crippen LogP contribution in [-0.2, 0) is 19.1 Å². The second-order valence-electron chi connectivity index (χ2n) is 6.27. The molecule has 10 nitrogen and oxygen atoms in total. The van der Waals surface area contributed by atoms with Gasteiger partial charge in [0.25, 0.3) is 11.5 Å². The van der Waals surface area contributed by atoms with Crippen LogP contribution in [0.4, 0.5) is 0 Å². The van der Waals surface area contributed by atoms with Crippen LogP contribution < -0.4 is 5.56 Å². The van der Waals surface area contributed by atoms with Crippen molar-refractivity contribution < 1.29 is 23.9 Å². The molecule has 2 heterocycles. The Hall–Kier alpha value is -3.27. The summed E-state index contributed by atoms with van der Waals surface area (Å²) < 4.78 is 10.2. The predicted octanol–water partition coefficient (Wildman–Crippen LogP) is -0.603. The number of aromatic nitrogens is 2. The molecule has 1 aliphatic rings. The van der Waals surface area contributed by atoms with Gasteiger partial charge in [-0.05, 0) is 6.07 Å². The fourth-order valence-corrected chi connectivity index (χ4v) is 2.78. The van der Waals surface area contributed by atoms with E-state index in [0.717, 1.165) is 0 Å². The minimum atomic E-state index is -0.839. The highest BCUT2D eigenvalue weighted by atomic mass is 16.5. The van der Waals surface area contributed by atoms with Crippen molar-refractivity contribution in [3.05, 3.63) is 40.3 Å². The highest BCUT2D eigenvalue weighted by Crippen LogP contribution is 2.13. The second-order valence-corrected chi connectivity index (χ2v) is 6.27. The van der Waals surface area contributed by atoms with E-state index in [2.05, 4.69) is 10.2 Å². The second kappa shape index (κ2) is 8.61. The molecule has 1 N–H and O–H groups in total. The molecule has 28 heavy (non-hydrogen) atoms. The van der Waals surface area contributed by atoms with E-state index in [0.29, 0.717) is 37.1 Å². The van der Waals surface area contributed by atoms with Gasteiger partial charge in [-0.2, -0.15) is 5.10 Å². The summed E-state index contributed by atoms with van der Waals surface area (Å²) in [6.45, 7) is 1.26. The van der Waals surface area contributed by atoms with Crippen molar-refractivity contribution in [2.45, 2.75) is 0 Å². The first kappa shape index (κ1) is 19.5. The van der Waals surface area contributed by atoms with Crippen LogP contribution in [0, 0.1) is 0 Å². The molecule has 148 valence electrons. The Labute approximate surface area is 160 Å². The summed E-state index contributed by atoms with van der Waals surface area (Å²) in [5.74, 6) is -1.56. The highest BCUT2D eigenvalue weighted by molar-refractivity contribution is 6.02. The van der Waals surface area contributed by atoms with Crippen LogP contribution in [0.1, 0.15) is 10.5 Å². The number of esters is 1. The molecule has 0 aliphatic carbocycles. The molecular formula is C18H20N4O6. The van der Waals surface area contributed by atoms with Gasteiger partial charge in [-0.1, -0.05) is 18.2 Å². The van der Waals surface area contributed by atoms with E-state index in [4.69, 9.17) is 9.47 Å². The zero-order chi connectivity index (χ0) is 20.1. The monoisotopic (exact) mass is 388 g/mol. The summed E-state index contributed by atoms with van der Waals surface area (Å²) in [7, 11) is 1.46. The number of fused-ring (bicyclic) bond motifs is 1. The average molecular weight is 388 g/mol. The number of amides is 2. The molecule has 1 aliphatic heterocycles. The number of ether oxygens (including phenoxy) is 2. The van der Waals surface area contributed by atoms with Crippen LogP contribution in [0.25, 0.3) is 10.8 Å². The smallest absolute Gasteiger partial charge is 0.359 e. The first-order valence-corrected chi connectivity index (χ1v) is 8.71. The third kappa shape index (κ3) is 4.34. The van der Waals surface area contributed by atoms with E-state index < -0.39 is 24.0 Å². The van der Waals surface area contributed by atoms with Crippen molar-refractivity contribution >= 4 is 28.6 Å². The van der Waals surface area contributed by atoms with Crippen LogP contribution in [-0.4, -0.2) is 84.3 Å². The lowest BCUT2D eigenvalue weighted by Crippen LogP contribution is -2.46. The van der Waals surface area contributed by atoms with Crippen molar-refractivity contribution in [3.8, 4) is 0 Å². The van der Waals surface area contributed by atoms with Gasteiger partial charge in [-0.25, -0.2) is 9.89 Å². The Morgan fingerprint density at radius 2 is 1.89 bits per heavy atom. The average Bonchev–Trinajstić information content (AvgIpc) is 2.72. The summed E-state index contributed by atoms with van der Waals surface area (Å²) in [5, 5.41) is 6.59. The Balaban J connectivity index is 1.58. The third-order valence-corrected chi connectivity index (χ3v) is 4.38. The molecule has 3 rings (SSSR count). The van der Waals surface area contributed by atoms with Gasteiger partial charge in [0.05, 0.1) is 25.1 Å². The van der Waals surface area contributed by atoms with Gasteiger partial charge in [0.1, 0.15) is 0 Å². The van der Waals surface area contributed by atoms with Crippen LogP contribution in [0.5, 0.6) is 0 Å². The van der Waals surface area contributed by atoms with Crippen molar-refractivity contribution in [3.63, 3.8) is 0 Å². The lowest BCUT2D eigenvalue weighted by atomic mass is 10.1. The van der Waals surface area contributed by atoms with Gasteiger partial charge >= 0.3 is 5.97 Å². The number of carbonyl (C=O) groups is 3. The number of nitrogens with one attached hydrogen (secondary N) is 1. The van der Waals surface area contributed by atoms with Crippen molar-refractivity contribution in [1.29, 1.82) is 0 Å². The highest BCUT2D eigenvalue weighted by Gasteiger charge is 2.22. The molecule has 1 fully saturated rings. The van der Waals surface area contributed by atoms with Gasteiger partial charge in [-0.15, -0.1) is 0 Å². The summed E-state index contributed by atoms with van der Waals surface area (Å²) in [4.78, 5) is 51.3. The van der Waals surface area contributed by atoms with E-state index in [1.54, 1.807) is 29.2 Å². The SMILES string of the molecule is CN(CC(=O)N1CCOCC1)C(=O)COC(=O)c1n[nH]c(=O)c2ccccc12. The summed E-state index contributed by atoms with van der Waals surface area (Å²) in [5.41, 5.74) is -0.514. The first-order valence-electron chi connectivity index (χ1n) is 8.71. The van der Waals surface area contributed by atoms with Crippen LogP contribution in [0.2, 0.25) is 0 Å². The minimum Gasteiger partial charge on any atom is -0.451 e. The van der Waals surface area contributed by atoms with Crippen molar-refractivity contribution in [2.75, 3.05) is 46.5 Å². The van der Waals surface area contributed by atoms with E-state index >= 15 is 0 Å². The number of aromatic amines is 1. The minimum absolute atomic E-state index is 0.0879. The molecule has 2 amide bonds. The fourth-order valence-electron chi connectivity index (χ4n) is 2.78. The van der Waals surface area contributed by atoms with Crippen LogP contribution >= 0.6 is 0 Å². The molecule has 0 bridgehead atoms. The molecular weight excluding hydrogens is 368 g/mol. The Morgan fingerprint density at radius 1 is 1.21 bits per heavy atom. The maximum absolute atomic E-state index is 12.3. The standard InChI is InChI=1S/C18H20N4O6/c1-21(10-14(23)22-6-8-27-9-7-22)15(24)11-28-18(26)16-12-4-2-3-5-13(12)17(25)20-19-16/h2-5H,6-11H2,1H3,(H,20,25). The Bertz CT molecular complexity index is 950. The fraction of sp³-hybridized carbons (Fsp3) is 0.389. The van der Waals surface area contributed by atoms with Gasteiger partial charge < -0.3 is 19.3 Å². The molecule has 2 aromatic rings. The number of carbonyl (C=O) groups excluding carboxylic acids is 3. The number of morpholine rings is 1. The third-order valence-electron chi connectivity index (χ3n) is 4.38. The topological polar surface area (TPSA) is 122 Å².